The largest absolute Gasteiger partial charge is 0.490 e. The van der Waals surface area contributed by atoms with Crippen LogP contribution in [-0.2, 0) is 9.59 Å². The van der Waals surface area contributed by atoms with Crippen LogP contribution < -0.4 is 19.7 Å². The van der Waals surface area contributed by atoms with Gasteiger partial charge in [-0.1, -0.05) is 85.3 Å². The predicted molar refractivity (Wildman–Crippen MR) is 164 cm³/mol. The molecule has 3 aromatic carbocycles. The van der Waals surface area contributed by atoms with Crippen molar-refractivity contribution in [2.24, 2.45) is 0 Å². The maximum Gasteiger partial charge on any atom is 0.270 e. The molecule has 0 spiro atoms. The Kier molecular flexibility index (Phi) is 9.56. The second-order valence-electron chi connectivity index (χ2n) is 8.83. The summed E-state index contributed by atoms with van der Waals surface area (Å²) < 4.78 is 11.9. The van der Waals surface area contributed by atoms with Crippen LogP contribution in [0.4, 0.5) is 11.4 Å². The summed E-state index contributed by atoms with van der Waals surface area (Å²) in [5.41, 5.74) is 3.00. The summed E-state index contributed by atoms with van der Waals surface area (Å²) >= 11 is 18.9. The number of carbonyl (C=O) groups is 2. The fourth-order valence-corrected chi connectivity index (χ4v) is 5.71. The van der Waals surface area contributed by atoms with Crippen molar-refractivity contribution >= 4 is 80.8 Å². The minimum atomic E-state index is -0.286. The minimum Gasteiger partial charge on any atom is -0.490 e. The van der Waals surface area contributed by atoms with Gasteiger partial charge in [-0.3, -0.25) is 14.5 Å². The molecule has 1 aliphatic heterocycles. The zero-order valence-corrected chi connectivity index (χ0v) is 24.6. The van der Waals surface area contributed by atoms with Crippen LogP contribution >= 0.6 is 47.2 Å². The molecule has 3 aromatic rings. The summed E-state index contributed by atoms with van der Waals surface area (Å²) in [4.78, 5) is 27.6. The predicted octanol–water partition coefficient (Wildman–Crippen LogP) is 7.94. The minimum absolute atomic E-state index is 0.188. The highest BCUT2D eigenvalue weighted by Gasteiger charge is 2.34. The Morgan fingerprint density at radius 2 is 1.85 bits per heavy atom. The third kappa shape index (κ3) is 6.94. The van der Waals surface area contributed by atoms with Gasteiger partial charge in [0.25, 0.3) is 11.8 Å². The van der Waals surface area contributed by atoms with E-state index in [9.17, 15) is 9.59 Å². The van der Waals surface area contributed by atoms with Gasteiger partial charge in [0.1, 0.15) is 0 Å². The Bertz CT molecular complexity index is 1460. The number of hydrogen-bond donors (Lipinski definition) is 1. The smallest absolute Gasteiger partial charge is 0.270 e. The lowest BCUT2D eigenvalue weighted by Gasteiger charge is -2.16. The van der Waals surface area contributed by atoms with Crippen LogP contribution in [0.15, 0.2) is 65.6 Å². The second-order valence-corrected chi connectivity index (χ2v) is 11.4. The van der Waals surface area contributed by atoms with E-state index in [0.29, 0.717) is 48.6 Å². The van der Waals surface area contributed by atoms with E-state index >= 15 is 0 Å². The number of anilines is 2. The van der Waals surface area contributed by atoms with E-state index in [4.69, 9.17) is 44.9 Å². The van der Waals surface area contributed by atoms with Crippen LogP contribution in [-0.4, -0.2) is 29.3 Å². The lowest BCUT2D eigenvalue weighted by molar-refractivity contribution is -0.118. The number of carbonyl (C=O) groups excluding carboxylic acids is 2. The molecule has 202 valence electrons. The van der Waals surface area contributed by atoms with Gasteiger partial charge < -0.3 is 14.8 Å². The van der Waals surface area contributed by atoms with Crippen molar-refractivity contribution in [2.45, 2.75) is 26.7 Å². The molecule has 10 heteroatoms. The molecule has 1 fully saturated rings. The van der Waals surface area contributed by atoms with E-state index < -0.39 is 0 Å². The molecule has 0 radical (unpaired) electrons. The van der Waals surface area contributed by atoms with Gasteiger partial charge >= 0.3 is 0 Å². The first-order chi connectivity index (χ1) is 18.7. The van der Waals surface area contributed by atoms with Gasteiger partial charge in [0.05, 0.1) is 22.2 Å². The Morgan fingerprint density at radius 3 is 2.56 bits per heavy atom. The number of thiocarbonyl (C=S) groups is 1. The molecule has 0 unspecified atom stereocenters. The number of halogens is 2. The molecular weight excluding hydrogens is 575 g/mol. The molecule has 1 aliphatic rings. The quantitative estimate of drug-likeness (QED) is 0.198. The van der Waals surface area contributed by atoms with Crippen molar-refractivity contribution in [3.8, 4) is 11.5 Å². The normalized spacial score (nSPS) is 14.3. The fourth-order valence-electron chi connectivity index (χ4n) is 3.94. The van der Waals surface area contributed by atoms with E-state index in [1.54, 1.807) is 42.5 Å². The highest BCUT2D eigenvalue weighted by atomic mass is 35.5. The average molecular weight is 602 g/mol. The highest BCUT2D eigenvalue weighted by molar-refractivity contribution is 8.27. The number of amides is 2. The van der Waals surface area contributed by atoms with Gasteiger partial charge in [-0.05, 0) is 66.4 Å². The van der Waals surface area contributed by atoms with Gasteiger partial charge in [-0.2, -0.15) is 0 Å². The van der Waals surface area contributed by atoms with E-state index in [0.717, 1.165) is 11.3 Å². The molecular formula is C29H26Cl2N2O4S2. The number of nitrogens with one attached hydrogen (secondary N) is 1. The van der Waals surface area contributed by atoms with Crippen molar-refractivity contribution in [1.82, 2.24) is 0 Å². The summed E-state index contributed by atoms with van der Waals surface area (Å²) in [5, 5.41) is 3.72. The molecule has 1 N–H and O–H groups in total. The SMILES string of the molecule is CCOc1cc(/C=C2\SC(=S)N(c3ccc(Cl)cc3Cl)C2=O)ccc1OCC(=O)Nc1ccccc1C(C)C. The maximum atomic E-state index is 13.2. The fraction of sp³-hybridized carbons (Fsp3) is 0.207. The van der Waals surface area contributed by atoms with Gasteiger partial charge in [0.15, 0.2) is 22.4 Å². The molecule has 0 bridgehead atoms. The van der Waals surface area contributed by atoms with Crippen LogP contribution in [0.1, 0.15) is 37.8 Å². The number of nitrogens with zero attached hydrogens (tertiary/aromatic N) is 1. The van der Waals surface area contributed by atoms with Crippen molar-refractivity contribution in [2.75, 3.05) is 23.4 Å². The first-order valence-corrected chi connectivity index (χ1v) is 14.2. The molecule has 1 heterocycles. The Labute approximate surface area is 247 Å². The first-order valence-electron chi connectivity index (χ1n) is 12.2. The van der Waals surface area contributed by atoms with Crippen LogP contribution in [0.3, 0.4) is 0 Å². The summed E-state index contributed by atoms with van der Waals surface area (Å²) in [5.74, 6) is 0.577. The van der Waals surface area contributed by atoms with Gasteiger partial charge in [-0.25, -0.2) is 0 Å². The Balaban J connectivity index is 1.49. The van der Waals surface area contributed by atoms with Crippen LogP contribution in [0, 0.1) is 0 Å². The van der Waals surface area contributed by atoms with Crippen molar-refractivity contribution in [1.29, 1.82) is 0 Å². The Morgan fingerprint density at radius 1 is 1.08 bits per heavy atom. The molecule has 2 amide bonds. The topological polar surface area (TPSA) is 67.9 Å². The highest BCUT2D eigenvalue weighted by Crippen LogP contribution is 2.40. The van der Waals surface area contributed by atoms with E-state index in [2.05, 4.69) is 19.2 Å². The summed E-state index contributed by atoms with van der Waals surface area (Å²) in [6.45, 7) is 6.20. The molecule has 0 atom stereocenters. The third-order valence-electron chi connectivity index (χ3n) is 5.73. The standard InChI is InChI=1S/C29H26Cl2N2O4S2/c1-4-36-25-13-18(14-26-28(35)33(29(38)39-26)23-11-10-19(30)15-21(23)31)9-12-24(25)37-16-27(34)32-22-8-6-5-7-20(22)17(2)3/h5-15,17H,4,16H2,1-3H3,(H,32,34)/b26-14-. The summed E-state index contributed by atoms with van der Waals surface area (Å²) in [6, 6.07) is 17.8. The van der Waals surface area contributed by atoms with Gasteiger partial charge in [0, 0.05) is 10.7 Å². The lowest BCUT2D eigenvalue weighted by Crippen LogP contribution is -2.27. The number of benzene rings is 3. The third-order valence-corrected chi connectivity index (χ3v) is 7.57. The monoisotopic (exact) mass is 600 g/mol. The zero-order chi connectivity index (χ0) is 28.1. The molecule has 0 aliphatic carbocycles. The average Bonchev–Trinajstić information content (AvgIpc) is 3.16. The van der Waals surface area contributed by atoms with Gasteiger partial charge in [-0.15, -0.1) is 0 Å². The number of para-hydroxylation sites is 1. The molecule has 39 heavy (non-hydrogen) atoms. The van der Waals surface area contributed by atoms with E-state index in [-0.39, 0.29) is 24.3 Å². The number of thioether (sulfide) groups is 1. The molecule has 4 rings (SSSR count). The van der Waals surface area contributed by atoms with Crippen LogP contribution in [0.2, 0.25) is 10.0 Å². The zero-order valence-electron chi connectivity index (χ0n) is 21.5. The molecule has 6 nitrogen and oxygen atoms in total. The van der Waals surface area contributed by atoms with Crippen molar-refractivity contribution in [3.63, 3.8) is 0 Å². The lowest BCUT2D eigenvalue weighted by atomic mass is 10.0. The van der Waals surface area contributed by atoms with Gasteiger partial charge in [0.2, 0.25) is 0 Å². The first kappa shape index (κ1) is 29.0. The van der Waals surface area contributed by atoms with Crippen LogP contribution in [0.25, 0.3) is 6.08 Å². The van der Waals surface area contributed by atoms with Crippen molar-refractivity contribution in [3.05, 3.63) is 86.7 Å². The number of rotatable bonds is 9. The number of ether oxygens (including phenoxy) is 2. The Hall–Kier alpha value is -3.04. The second kappa shape index (κ2) is 12.9. The van der Waals surface area contributed by atoms with E-state index in [1.807, 2.05) is 31.2 Å². The van der Waals surface area contributed by atoms with Crippen LogP contribution in [0.5, 0.6) is 11.5 Å². The van der Waals surface area contributed by atoms with Crippen molar-refractivity contribution < 1.29 is 19.1 Å². The summed E-state index contributed by atoms with van der Waals surface area (Å²) in [7, 11) is 0. The number of hydrogen-bond acceptors (Lipinski definition) is 6. The van der Waals surface area contributed by atoms with E-state index in [1.165, 1.54) is 16.7 Å². The molecule has 0 aromatic heterocycles. The maximum absolute atomic E-state index is 13.2. The molecule has 0 saturated carbocycles. The molecule has 1 saturated heterocycles. The summed E-state index contributed by atoms with van der Waals surface area (Å²) in [6.07, 6.45) is 1.73.